The molecule has 162 valence electrons. The Balaban J connectivity index is 1.52. The number of rotatable bonds is 8. The van der Waals surface area contributed by atoms with Crippen LogP contribution in [0.5, 0.6) is 0 Å². The van der Waals surface area contributed by atoms with E-state index >= 15 is 0 Å². The maximum atomic E-state index is 5.59. The highest BCUT2D eigenvalue weighted by molar-refractivity contribution is 5.79. The summed E-state index contributed by atoms with van der Waals surface area (Å²) in [6.45, 7) is 8.95. The van der Waals surface area contributed by atoms with Gasteiger partial charge in [-0.05, 0) is 30.9 Å². The van der Waals surface area contributed by atoms with Crippen LogP contribution in [0.15, 0.2) is 29.3 Å². The minimum Gasteiger partial charge on any atom is -0.379 e. The summed E-state index contributed by atoms with van der Waals surface area (Å²) < 4.78 is 11.1. The molecule has 0 spiro atoms. The van der Waals surface area contributed by atoms with Gasteiger partial charge in [-0.25, -0.2) is 0 Å². The second-order valence-corrected chi connectivity index (χ2v) is 8.12. The number of aliphatic imine (C=N–C) groups is 1. The number of benzene rings is 1. The summed E-state index contributed by atoms with van der Waals surface area (Å²) in [5.41, 5.74) is 2.69. The van der Waals surface area contributed by atoms with E-state index < -0.39 is 0 Å². The Morgan fingerprint density at radius 1 is 1.07 bits per heavy atom. The quantitative estimate of drug-likeness (QED) is 0.517. The lowest BCUT2D eigenvalue weighted by molar-refractivity contribution is -0.0352. The van der Waals surface area contributed by atoms with Crippen molar-refractivity contribution in [2.45, 2.75) is 57.7 Å². The highest BCUT2D eigenvalue weighted by Gasteiger charge is 2.38. The van der Waals surface area contributed by atoms with Crippen molar-refractivity contribution in [2.75, 3.05) is 46.5 Å². The number of hydrogen-bond acceptors (Lipinski definition) is 4. The molecule has 1 aromatic carbocycles. The van der Waals surface area contributed by atoms with E-state index in [1.807, 2.05) is 14.0 Å². The molecule has 2 aliphatic rings. The lowest BCUT2D eigenvalue weighted by atomic mass is 9.80. The van der Waals surface area contributed by atoms with Crippen LogP contribution in [0.25, 0.3) is 0 Å². The smallest absolute Gasteiger partial charge is 0.191 e. The number of guanidine groups is 1. The summed E-state index contributed by atoms with van der Waals surface area (Å²) in [6, 6.07) is 8.59. The molecule has 2 N–H and O–H groups in total. The van der Waals surface area contributed by atoms with Crippen molar-refractivity contribution in [2.24, 2.45) is 4.99 Å². The fourth-order valence-electron chi connectivity index (χ4n) is 4.48. The second-order valence-electron chi connectivity index (χ2n) is 8.12. The molecule has 3 rings (SSSR count). The van der Waals surface area contributed by atoms with E-state index in [-0.39, 0.29) is 5.54 Å². The number of hydrogen-bond donors (Lipinski definition) is 2. The van der Waals surface area contributed by atoms with Crippen molar-refractivity contribution in [3.63, 3.8) is 0 Å². The maximum Gasteiger partial charge on any atom is 0.191 e. The van der Waals surface area contributed by atoms with Gasteiger partial charge in [0.2, 0.25) is 0 Å². The lowest BCUT2D eigenvalue weighted by Gasteiger charge is -2.48. The Hall–Kier alpha value is -1.63. The molecule has 0 bridgehead atoms. The zero-order valence-electron chi connectivity index (χ0n) is 18.2. The van der Waals surface area contributed by atoms with Gasteiger partial charge in [-0.1, -0.05) is 43.5 Å². The monoisotopic (exact) mass is 402 g/mol. The highest BCUT2D eigenvalue weighted by Crippen LogP contribution is 2.33. The normalized spacial score (nSPS) is 20.4. The zero-order valence-corrected chi connectivity index (χ0v) is 18.2. The molecule has 0 amide bonds. The van der Waals surface area contributed by atoms with Crippen LogP contribution in [-0.4, -0.2) is 62.9 Å². The Labute approximate surface area is 176 Å². The van der Waals surface area contributed by atoms with Crippen molar-refractivity contribution in [1.82, 2.24) is 15.5 Å². The van der Waals surface area contributed by atoms with Gasteiger partial charge in [0.1, 0.15) is 0 Å². The van der Waals surface area contributed by atoms with Crippen molar-refractivity contribution < 1.29 is 9.47 Å². The van der Waals surface area contributed by atoms with Crippen molar-refractivity contribution in [3.05, 3.63) is 35.4 Å². The predicted molar refractivity (Wildman–Crippen MR) is 118 cm³/mol. The standard InChI is InChI=1S/C23H38N4O2/c1-3-28-18-21-9-7-20(8-10-21)17-25-22(24-2)26-19-23(11-5-4-6-12-23)27-13-15-29-16-14-27/h7-10H,3-6,11-19H2,1-2H3,(H2,24,25,26). The third kappa shape index (κ3) is 6.43. The van der Waals surface area contributed by atoms with Crippen LogP contribution in [0.2, 0.25) is 0 Å². The van der Waals surface area contributed by atoms with Gasteiger partial charge in [0.15, 0.2) is 5.96 Å². The van der Waals surface area contributed by atoms with Gasteiger partial charge in [-0.15, -0.1) is 0 Å². The third-order valence-electron chi connectivity index (χ3n) is 6.23. The van der Waals surface area contributed by atoms with Crippen molar-refractivity contribution in [1.29, 1.82) is 0 Å². The SMILES string of the molecule is CCOCc1ccc(CNC(=NC)NCC2(N3CCOCC3)CCCCC2)cc1. The van der Waals surface area contributed by atoms with Gasteiger partial charge >= 0.3 is 0 Å². The van der Waals surface area contributed by atoms with Gasteiger partial charge in [0.05, 0.1) is 19.8 Å². The molecule has 2 fully saturated rings. The molecule has 0 atom stereocenters. The first-order valence-electron chi connectivity index (χ1n) is 11.2. The number of nitrogens with one attached hydrogen (secondary N) is 2. The van der Waals surface area contributed by atoms with Gasteiger partial charge in [-0.2, -0.15) is 0 Å². The van der Waals surface area contributed by atoms with E-state index in [0.717, 1.165) is 52.0 Å². The molecular formula is C23H38N4O2. The molecule has 1 aliphatic heterocycles. The average Bonchev–Trinajstić information content (AvgIpc) is 2.80. The molecule has 1 saturated heterocycles. The predicted octanol–water partition coefficient (Wildman–Crippen LogP) is 2.92. The van der Waals surface area contributed by atoms with E-state index in [1.165, 1.54) is 43.2 Å². The summed E-state index contributed by atoms with van der Waals surface area (Å²) in [5.74, 6) is 0.876. The molecular weight excluding hydrogens is 364 g/mol. The van der Waals surface area contributed by atoms with Crippen LogP contribution in [0.4, 0.5) is 0 Å². The maximum absolute atomic E-state index is 5.59. The molecule has 1 saturated carbocycles. The van der Waals surface area contributed by atoms with Gasteiger partial charge in [0, 0.05) is 45.4 Å². The number of morpholine rings is 1. The Bertz CT molecular complexity index is 620. The third-order valence-corrected chi connectivity index (χ3v) is 6.23. The molecule has 29 heavy (non-hydrogen) atoms. The molecule has 1 aliphatic carbocycles. The fraction of sp³-hybridized carbons (Fsp3) is 0.696. The molecule has 1 aromatic rings. The van der Waals surface area contributed by atoms with Crippen LogP contribution in [0, 0.1) is 0 Å². The molecule has 0 aromatic heterocycles. The van der Waals surface area contributed by atoms with Gasteiger partial charge in [0.25, 0.3) is 0 Å². The first kappa shape index (κ1) is 22.1. The van der Waals surface area contributed by atoms with Crippen LogP contribution in [0.1, 0.15) is 50.2 Å². The minimum absolute atomic E-state index is 0.237. The number of nitrogens with zero attached hydrogens (tertiary/aromatic N) is 2. The van der Waals surface area contributed by atoms with Crippen LogP contribution in [0.3, 0.4) is 0 Å². The van der Waals surface area contributed by atoms with Crippen LogP contribution in [-0.2, 0) is 22.6 Å². The van der Waals surface area contributed by atoms with E-state index in [2.05, 4.69) is 44.8 Å². The summed E-state index contributed by atoms with van der Waals surface area (Å²) >= 11 is 0. The van der Waals surface area contributed by atoms with E-state index in [1.54, 1.807) is 0 Å². The largest absolute Gasteiger partial charge is 0.379 e. The van der Waals surface area contributed by atoms with Gasteiger partial charge < -0.3 is 20.1 Å². The summed E-state index contributed by atoms with van der Waals surface area (Å²) in [5, 5.41) is 7.10. The Morgan fingerprint density at radius 2 is 1.76 bits per heavy atom. The molecule has 6 heteroatoms. The van der Waals surface area contributed by atoms with E-state index in [0.29, 0.717) is 6.61 Å². The summed E-state index contributed by atoms with van der Waals surface area (Å²) in [7, 11) is 1.85. The molecule has 0 radical (unpaired) electrons. The second kappa shape index (κ2) is 11.5. The Morgan fingerprint density at radius 3 is 2.41 bits per heavy atom. The van der Waals surface area contributed by atoms with E-state index in [9.17, 15) is 0 Å². The Kier molecular flexibility index (Phi) is 8.77. The molecule has 6 nitrogen and oxygen atoms in total. The topological polar surface area (TPSA) is 58.1 Å². The fourth-order valence-corrected chi connectivity index (χ4v) is 4.48. The van der Waals surface area contributed by atoms with Crippen LogP contribution >= 0.6 is 0 Å². The highest BCUT2D eigenvalue weighted by atomic mass is 16.5. The average molecular weight is 403 g/mol. The van der Waals surface area contributed by atoms with Gasteiger partial charge in [-0.3, -0.25) is 9.89 Å². The first-order chi connectivity index (χ1) is 14.3. The number of ether oxygens (including phenoxy) is 2. The van der Waals surface area contributed by atoms with Crippen LogP contribution < -0.4 is 10.6 Å². The first-order valence-corrected chi connectivity index (χ1v) is 11.2. The van der Waals surface area contributed by atoms with E-state index in [4.69, 9.17) is 9.47 Å². The molecule has 0 unspecified atom stereocenters. The minimum atomic E-state index is 0.237. The summed E-state index contributed by atoms with van der Waals surface area (Å²) in [6.07, 6.45) is 6.52. The zero-order chi connectivity index (χ0) is 20.4. The van der Waals surface area contributed by atoms with Crippen molar-refractivity contribution in [3.8, 4) is 0 Å². The summed E-state index contributed by atoms with van der Waals surface area (Å²) in [4.78, 5) is 7.11. The molecule has 1 heterocycles. The van der Waals surface area contributed by atoms with Crippen molar-refractivity contribution >= 4 is 5.96 Å². The lowest BCUT2D eigenvalue weighted by Crippen LogP contribution is -2.60.